The van der Waals surface area contributed by atoms with Crippen molar-refractivity contribution in [3.63, 3.8) is 0 Å². The smallest absolute Gasteiger partial charge is 0.398 e. The fourth-order valence-electron chi connectivity index (χ4n) is 1.76. The van der Waals surface area contributed by atoms with Crippen LogP contribution in [0.25, 0.3) is 0 Å². The van der Waals surface area contributed by atoms with E-state index in [4.69, 9.17) is 8.85 Å². The molecule has 126 valence electrons. The minimum Gasteiger partial charge on any atom is -0.398 e. The molecule has 0 bridgehead atoms. The fourth-order valence-corrected chi connectivity index (χ4v) is 3.87. The first kappa shape index (κ1) is 19.1. The molecule has 1 aromatic carbocycles. The highest BCUT2D eigenvalue weighted by molar-refractivity contribution is 7.91. The number of halogens is 3. The minimum absolute atomic E-state index is 0.111. The Balaban J connectivity index is 2.72. The number of hydrogen-bond acceptors (Lipinski definition) is 4. The van der Waals surface area contributed by atoms with Crippen molar-refractivity contribution in [2.75, 3.05) is 14.2 Å². The van der Waals surface area contributed by atoms with E-state index < -0.39 is 29.7 Å². The van der Waals surface area contributed by atoms with Crippen molar-refractivity contribution in [1.82, 2.24) is 0 Å². The highest BCUT2D eigenvalue weighted by atomic mass is 32.2. The largest absolute Gasteiger partial charge is 0.497 e. The van der Waals surface area contributed by atoms with E-state index >= 15 is 0 Å². The van der Waals surface area contributed by atoms with Crippen LogP contribution in [0, 0.1) is 0 Å². The van der Waals surface area contributed by atoms with Gasteiger partial charge in [0.2, 0.25) is 0 Å². The molecule has 0 heterocycles. The molecule has 0 aliphatic rings. The Morgan fingerprint density at radius 1 is 1.05 bits per heavy atom. The number of sulfone groups is 1. The lowest BCUT2D eigenvalue weighted by Crippen LogP contribution is -2.36. The van der Waals surface area contributed by atoms with Gasteiger partial charge in [0.1, 0.15) is 0 Å². The summed E-state index contributed by atoms with van der Waals surface area (Å²) < 4.78 is 69.8. The molecular formula is C13H19F3O4SSi. The molecule has 0 saturated heterocycles. The van der Waals surface area contributed by atoms with Gasteiger partial charge in [0, 0.05) is 14.2 Å². The van der Waals surface area contributed by atoms with Crippen LogP contribution in [0.5, 0.6) is 0 Å². The number of aryl methyl sites for hydroxylation is 1. The van der Waals surface area contributed by atoms with Crippen molar-refractivity contribution in [3.8, 4) is 0 Å². The Hall–Kier alpha value is -0.903. The molecule has 22 heavy (non-hydrogen) atoms. The predicted octanol–water partition coefficient (Wildman–Crippen LogP) is 3.03. The van der Waals surface area contributed by atoms with Crippen molar-refractivity contribution in [3.05, 3.63) is 35.4 Å². The number of alkyl halides is 3. The Kier molecular flexibility index (Phi) is 6.19. The second-order valence-electron chi connectivity index (χ2n) is 5.06. The van der Waals surface area contributed by atoms with Crippen LogP contribution in [0.2, 0.25) is 12.6 Å². The van der Waals surface area contributed by atoms with Crippen LogP contribution >= 0.6 is 0 Å². The zero-order chi connectivity index (χ0) is 17.0. The molecule has 0 aliphatic carbocycles. The van der Waals surface area contributed by atoms with E-state index in [0.29, 0.717) is 12.5 Å². The molecule has 0 aromatic heterocycles. The quantitative estimate of drug-likeness (QED) is 0.705. The van der Waals surface area contributed by atoms with E-state index in [1.54, 1.807) is 26.4 Å². The lowest BCUT2D eigenvalue weighted by atomic mass is 10.1. The summed E-state index contributed by atoms with van der Waals surface area (Å²) in [6.07, 6.45) is 0.650. The van der Waals surface area contributed by atoms with Gasteiger partial charge < -0.3 is 8.85 Å². The molecule has 0 spiro atoms. The van der Waals surface area contributed by atoms with Crippen LogP contribution in [-0.2, 0) is 30.9 Å². The van der Waals surface area contributed by atoms with Crippen LogP contribution in [-0.4, -0.2) is 36.7 Å². The summed E-state index contributed by atoms with van der Waals surface area (Å²) in [5.41, 5.74) is -4.23. The van der Waals surface area contributed by atoms with E-state index in [2.05, 4.69) is 0 Å². The van der Waals surface area contributed by atoms with Gasteiger partial charge in [-0.3, -0.25) is 0 Å². The summed E-state index contributed by atoms with van der Waals surface area (Å²) in [6, 6.07) is 6.75. The maximum atomic E-state index is 12.3. The summed E-state index contributed by atoms with van der Waals surface area (Å²) in [5, 5.41) is 0. The summed E-state index contributed by atoms with van der Waals surface area (Å²) >= 11 is 0. The molecule has 4 nitrogen and oxygen atoms in total. The first-order chi connectivity index (χ1) is 10.0. The average molecular weight is 356 g/mol. The van der Waals surface area contributed by atoms with Crippen molar-refractivity contribution in [2.24, 2.45) is 0 Å². The van der Waals surface area contributed by atoms with Gasteiger partial charge in [0.05, 0.1) is 5.75 Å². The minimum atomic E-state index is -5.23. The summed E-state index contributed by atoms with van der Waals surface area (Å²) in [6.45, 7) is 1.91. The average Bonchev–Trinajstić information content (AvgIpc) is 2.44. The summed E-state index contributed by atoms with van der Waals surface area (Å²) in [7, 11) is -4.17. The number of benzene rings is 1. The van der Waals surface area contributed by atoms with E-state index in [-0.39, 0.29) is 5.56 Å². The van der Waals surface area contributed by atoms with Crippen molar-refractivity contribution in [1.29, 1.82) is 0 Å². The van der Waals surface area contributed by atoms with Gasteiger partial charge in [-0.2, -0.15) is 13.2 Å². The highest BCUT2D eigenvalue weighted by Crippen LogP contribution is 2.27. The Morgan fingerprint density at radius 2 is 1.50 bits per heavy atom. The molecular weight excluding hydrogens is 337 g/mol. The zero-order valence-electron chi connectivity index (χ0n) is 12.6. The molecule has 0 saturated carbocycles. The van der Waals surface area contributed by atoms with E-state index in [0.717, 1.165) is 5.56 Å². The van der Waals surface area contributed by atoms with Crippen LogP contribution in [0.1, 0.15) is 11.1 Å². The van der Waals surface area contributed by atoms with Gasteiger partial charge in [0.15, 0.2) is 0 Å². The SMILES string of the molecule is CO[Si](C)(CCc1ccc(CS(=O)(=O)C(F)(F)F)cc1)OC. The Bertz CT molecular complexity index is 580. The summed E-state index contributed by atoms with van der Waals surface area (Å²) in [4.78, 5) is 0. The van der Waals surface area contributed by atoms with Crippen molar-refractivity contribution >= 4 is 18.4 Å². The van der Waals surface area contributed by atoms with Gasteiger partial charge >= 0.3 is 14.1 Å². The van der Waals surface area contributed by atoms with Gasteiger partial charge in [-0.15, -0.1) is 0 Å². The topological polar surface area (TPSA) is 52.6 Å². The number of hydrogen-bond donors (Lipinski definition) is 0. The highest BCUT2D eigenvalue weighted by Gasteiger charge is 2.45. The molecule has 0 unspecified atom stereocenters. The zero-order valence-corrected chi connectivity index (χ0v) is 14.4. The van der Waals surface area contributed by atoms with Crippen molar-refractivity contribution in [2.45, 2.75) is 30.3 Å². The van der Waals surface area contributed by atoms with Crippen LogP contribution in [0.15, 0.2) is 24.3 Å². The lowest BCUT2D eigenvalue weighted by Gasteiger charge is -2.22. The van der Waals surface area contributed by atoms with Crippen LogP contribution in [0.4, 0.5) is 13.2 Å². The van der Waals surface area contributed by atoms with Gasteiger partial charge in [-0.05, 0) is 30.1 Å². The van der Waals surface area contributed by atoms with E-state index in [1.165, 1.54) is 12.1 Å². The fraction of sp³-hybridized carbons (Fsp3) is 0.538. The third-order valence-electron chi connectivity index (χ3n) is 3.46. The third-order valence-corrected chi connectivity index (χ3v) is 7.77. The van der Waals surface area contributed by atoms with Crippen LogP contribution < -0.4 is 0 Å². The van der Waals surface area contributed by atoms with E-state index in [9.17, 15) is 21.6 Å². The molecule has 0 radical (unpaired) electrons. The molecule has 0 atom stereocenters. The normalized spacial score (nSPS) is 13.4. The standard InChI is InChI=1S/C13H19F3O4SSi/c1-19-22(3,20-2)9-8-11-4-6-12(7-5-11)10-21(17,18)13(14,15)16/h4-7H,8-10H2,1-3H3. The van der Waals surface area contributed by atoms with Gasteiger partial charge in [-0.25, -0.2) is 8.42 Å². The summed E-state index contributed by atoms with van der Waals surface area (Å²) in [5.74, 6) is -1.04. The first-order valence-corrected chi connectivity index (χ1v) is 10.7. The first-order valence-electron chi connectivity index (χ1n) is 6.50. The second-order valence-corrected chi connectivity index (χ2v) is 10.6. The van der Waals surface area contributed by atoms with Crippen LogP contribution in [0.3, 0.4) is 0 Å². The Labute approximate surface area is 129 Å². The predicted molar refractivity (Wildman–Crippen MR) is 79.3 cm³/mol. The third kappa shape index (κ3) is 5.08. The maximum absolute atomic E-state index is 12.3. The monoisotopic (exact) mass is 356 g/mol. The number of rotatable bonds is 7. The Morgan fingerprint density at radius 3 is 1.91 bits per heavy atom. The molecule has 0 aliphatic heterocycles. The van der Waals surface area contributed by atoms with Gasteiger partial charge in [-0.1, -0.05) is 24.3 Å². The molecule has 9 heteroatoms. The molecule has 0 fully saturated rings. The van der Waals surface area contributed by atoms with Crippen molar-refractivity contribution < 1.29 is 30.4 Å². The molecule has 1 rings (SSSR count). The maximum Gasteiger partial charge on any atom is 0.497 e. The molecule has 0 N–H and O–H groups in total. The molecule has 0 amide bonds. The second kappa shape index (κ2) is 7.11. The lowest BCUT2D eigenvalue weighted by molar-refractivity contribution is -0.0437. The van der Waals surface area contributed by atoms with E-state index in [1.807, 2.05) is 6.55 Å². The van der Waals surface area contributed by atoms with Gasteiger partial charge in [0.25, 0.3) is 9.84 Å². The molecule has 1 aromatic rings.